The number of aromatic nitrogens is 1. The number of hydrogen-bond acceptors (Lipinski definition) is 3. The Kier molecular flexibility index (Phi) is 3.58. The molecule has 0 saturated carbocycles. The molecule has 3 heteroatoms. The van der Waals surface area contributed by atoms with Crippen LogP contribution >= 0.6 is 11.3 Å². The lowest BCUT2D eigenvalue weighted by Crippen LogP contribution is -2.21. The molecular formula is C16H16N2S. The molecule has 0 bridgehead atoms. The van der Waals surface area contributed by atoms with E-state index in [2.05, 4.69) is 58.3 Å². The molecule has 1 N–H and O–H groups in total. The molecule has 0 aliphatic rings. The highest BCUT2D eigenvalue weighted by Crippen LogP contribution is 2.28. The topological polar surface area (TPSA) is 24.9 Å². The zero-order chi connectivity index (χ0) is 13.1. The third kappa shape index (κ3) is 2.39. The lowest BCUT2D eigenvalue weighted by Gasteiger charge is -2.18. The second-order valence-electron chi connectivity index (χ2n) is 4.47. The van der Waals surface area contributed by atoms with E-state index in [9.17, 15) is 0 Å². The van der Waals surface area contributed by atoms with Gasteiger partial charge in [0.05, 0.1) is 11.6 Å². The third-order valence-electron chi connectivity index (χ3n) is 3.26. The van der Waals surface area contributed by atoms with E-state index in [1.54, 1.807) is 11.3 Å². The Morgan fingerprint density at radius 2 is 2.11 bits per heavy atom. The summed E-state index contributed by atoms with van der Waals surface area (Å²) in [5.74, 6) is 0. The van der Waals surface area contributed by atoms with Gasteiger partial charge in [0.1, 0.15) is 0 Å². The van der Waals surface area contributed by atoms with Gasteiger partial charge in [-0.2, -0.15) is 11.3 Å². The van der Waals surface area contributed by atoms with Crippen LogP contribution < -0.4 is 5.32 Å². The molecule has 2 aromatic heterocycles. The van der Waals surface area contributed by atoms with Crippen molar-refractivity contribution < 1.29 is 0 Å². The highest BCUT2D eigenvalue weighted by Gasteiger charge is 2.16. The predicted octanol–water partition coefficient (Wildman–Crippen LogP) is 4.00. The van der Waals surface area contributed by atoms with Gasteiger partial charge in [-0.15, -0.1) is 0 Å². The summed E-state index contributed by atoms with van der Waals surface area (Å²) >= 11 is 1.73. The van der Waals surface area contributed by atoms with Gasteiger partial charge in [0.15, 0.2) is 0 Å². The summed E-state index contributed by atoms with van der Waals surface area (Å²) in [5.41, 5.74) is 3.64. The molecule has 0 aliphatic heterocycles. The maximum Gasteiger partial charge on any atom is 0.0753 e. The summed E-state index contributed by atoms with van der Waals surface area (Å²) in [6, 6.07) is 12.9. The van der Waals surface area contributed by atoms with Crippen molar-refractivity contribution in [1.29, 1.82) is 0 Å². The molecule has 3 aromatic rings. The number of hydrogen-bond donors (Lipinski definition) is 1. The van der Waals surface area contributed by atoms with Crippen LogP contribution in [-0.2, 0) is 0 Å². The second kappa shape index (κ2) is 5.51. The highest BCUT2D eigenvalue weighted by molar-refractivity contribution is 7.08. The standard InChI is InChI=1S/C16H16N2S/c1-2-17-16(13-8-10-19-11-13)14-7-3-5-12-6-4-9-18-15(12)14/h3-11,16-17H,2H2,1H3. The fraction of sp³-hybridized carbons (Fsp3) is 0.188. The van der Waals surface area contributed by atoms with Crippen LogP contribution in [0.2, 0.25) is 0 Å². The molecule has 0 aliphatic carbocycles. The molecule has 0 radical (unpaired) electrons. The number of thiophene rings is 1. The normalized spacial score (nSPS) is 12.7. The highest BCUT2D eigenvalue weighted by atomic mass is 32.1. The fourth-order valence-electron chi connectivity index (χ4n) is 2.41. The Labute approximate surface area is 117 Å². The van der Waals surface area contributed by atoms with Gasteiger partial charge in [0.2, 0.25) is 0 Å². The smallest absolute Gasteiger partial charge is 0.0753 e. The molecular weight excluding hydrogens is 252 g/mol. The first kappa shape index (κ1) is 12.3. The molecule has 1 atom stereocenters. The monoisotopic (exact) mass is 268 g/mol. The predicted molar refractivity (Wildman–Crippen MR) is 81.6 cm³/mol. The van der Waals surface area contributed by atoms with Gasteiger partial charge in [-0.25, -0.2) is 0 Å². The molecule has 0 saturated heterocycles. The number of para-hydroxylation sites is 1. The summed E-state index contributed by atoms with van der Waals surface area (Å²) in [6.07, 6.45) is 1.86. The number of fused-ring (bicyclic) bond motifs is 1. The minimum Gasteiger partial charge on any atom is -0.306 e. The van der Waals surface area contributed by atoms with Crippen molar-refractivity contribution in [1.82, 2.24) is 10.3 Å². The molecule has 0 fully saturated rings. The van der Waals surface area contributed by atoms with Crippen molar-refractivity contribution in [2.45, 2.75) is 13.0 Å². The summed E-state index contributed by atoms with van der Waals surface area (Å²) < 4.78 is 0. The Balaban J connectivity index is 2.15. The number of rotatable bonds is 4. The first-order valence-electron chi connectivity index (χ1n) is 6.49. The number of pyridine rings is 1. The van der Waals surface area contributed by atoms with Gasteiger partial charge in [-0.05, 0) is 40.6 Å². The van der Waals surface area contributed by atoms with Gasteiger partial charge in [-0.1, -0.05) is 31.2 Å². The summed E-state index contributed by atoms with van der Waals surface area (Å²) in [4.78, 5) is 4.56. The quantitative estimate of drug-likeness (QED) is 0.773. The minimum atomic E-state index is 0.217. The molecule has 2 heterocycles. The van der Waals surface area contributed by atoms with Gasteiger partial charge < -0.3 is 5.32 Å². The van der Waals surface area contributed by atoms with Gasteiger partial charge in [0, 0.05) is 11.6 Å². The van der Waals surface area contributed by atoms with E-state index in [-0.39, 0.29) is 6.04 Å². The summed E-state index contributed by atoms with van der Waals surface area (Å²) in [6.45, 7) is 3.07. The molecule has 19 heavy (non-hydrogen) atoms. The summed E-state index contributed by atoms with van der Waals surface area (Å²) in [5, 5.41) is 9.08. The first-order chi connectivity index (χ1) is 9.40. The average Bonchev–Trinajstić information content (AvgIpc) is 2.98. The molecule has 2 nitrogen and oxygen atoms in total. The molecule has 1 unspecified atom stereocenters. The van der Waals surface area contributed by atoms with Crippen molar-refractivity contribution >= 4 is 22.2 Å². The maximum absolute atomic E-state index is 4.56. The SMILES string of the molecule is CCNC(c1ccsc1)c1cccc2cccnc12. The molecule has 3 rings (SSSR count). The van der Waals surface area contributed by atoms with Crippen LogP contribution in [-0.4, -0.2) is 11.5 Å². The minimum absolute atomic E-state index is 0.217. The second-order valence-corrected chi connectivity index (χ2v) is 5.25. The van der Waals surface area contributed by atoms with Crippen LogP contribution in [0, 0.1) is 0 Å². The van der Waals surface area contributed by atoms with Crippen molar-refractivity contribution in [3.8, 4) is 0 Å². The zero-order valence-corrected chi connectivity index (χ0v) is 11.7. The first-order valence-corrected chi connectivity index (χ1v) is 7.43. The van der Waals surface area contributed by atoms with Crippen molar-refractivity contribution in [3.63, 3.8) is 0 Å². The van der Waals surface area contributed by atoms with Crippen LogP contribution in [0.3, 0.4) is 0 Å². The lowest BCUT2D eigenvalue weighted by molar-refractivity contribution is 0.635. The van der Waals surface area contributed by atoms with E-state index in [0.717, 1.165) is 12.1 Å². The zero-order valence-electron chi connectivity index (χ0n) is 10.8. The Morgan fingerprint density at radius 1 is 1.21 bits per heavy atom. The van der Waals surface area contributed by atoms with Gasteiger partial charge in [0.25, 0.3) is 0 Å². The van der Waals surface area contributed by atoms with E-state index >= 15 is 0 Å². The Hall–Kier alpha value is -1.71. The molecule has 1 aromatic carbocycles. The molecule has 96 valence electrons. The van der Waals surface area contributed by atoms with Crippen LogP contribution in [0.4, 0.5) is 0 Å². The largest absolute Gasteiger partial charge is 0.306 e. The fourth-order valence-corrected chi connectivity index (χ4v) is 3.10. The average molecular weight is 268 g/mol. The van der Waals surface area contributed by atoms with Crippen molar-refractivity contribution in [2.24, 2.45) is 0 Å². The van der Waals surface area contributed by atoms with E-state index in [1.165, 1.54) is 16.5 Å². The van der Waals surface area contributed by atoms with Crippen LogP contribution in [0.5, 0.6) is 0 Å². The maximum atomic E-state index is 4.56. The van der Waals surface area contributed by atoms with E-state index in [4.69, 9.17) is 0 Å². The van der Waals surface area contributed by atoms with Gasteiger partial charge >= 0.3 is 0 Å². The van der Waals surface area contributed by atoms with Crippen LogP contribution in [0.25, 0.3) is 10.9 Å². The van der Waals surface area contributed by atoms with E-state index in [0.29, 0.717) is 0 Å². The van der Waals surface area contributed by atoms with E-state index in [1.807, 2.05) is 12.3 Å². The van der Waals surface area contributed by atoms with Crippen molar-refractivity contribution in [2.75, 3.05) is 6.54 Å². The number of nitrogens with one attached hydrogen (secondary N) is 1. The van der Waals surface area contributed by atoms with Crippen LogP contribution in [0.15, 0.2) is 53.4 Å². The lowest BCUT2D eigenvalue weighted by atomic mass is 9.98. The molecule has 0 amide bonds. The van der Waals surface area contributed by atoms with Crippen LogP contribution in [0.1, 0.15) is 24.1 Å². The van der Waals surface area contributed by atoms with Crippen molar-refractivity contribution in [3.05, 3.63) is 64.5 Å². The molecule has 0 spiro atoms. The van der Waals surface area contributed by atoms with Gasteiger partial charge in [-0.3, -0.25) is 4.98 Å². The third-order valence-corrected chi connectivity index (χ3v) is 3.96. The summed E-state index contributed by atoms with van der Waals surface area (Å²) in [7, 11) is 0. The Bertz CT molecular complexity index is 656. The van der Waals surface area contributed by atoms with E-state index < -0.39 is 0 Å². The number of benzene rings is 1. The number of nitrogens with zero attached hydrogens (tertiary/aromatic N) is 1. The Morgan fingerprint density at radius 3 is 2.89 bits per heavy atom.